The number of nitrogens with one attached hydrogen (secondary N) is 2. The zero-order valence-corrected chi connectivity index (χ0v) is 17.2. The van der Waals surface area contributed by atoms with E-state index in [0.717, 1.165) is 0 Å². The van der Waals surface area contributed by atoms with Gasteiger partial charge in [0.1, 0.15) is 0 Å². The van der Waals surface area contributed by atoms with Gasteiger partial charge in [0.2, 0.25) is 0 Å². The van der Waals surface area contributed by atoms with Crippen molar-refractivity contribution in [1.29, 1.82) is 0 Å². The van der Waals surface area contributed by atoms with E-state index in [1.165, 1.54) is 6.21 Å². The summed E-state index contributed by atoms with van der Waals surface area (Å²) in [5, 5.41) is 16.8. The number of ether oxygens (including phenoxy) is 1. The second-order valence-electron chi connectivity index (χ2n) is 5.27. The maximum Gasteiger partial charge on any atom is 0.259 e. The van der Waals surface area contributed by atoms with Gasteiger partial charge in [0.25, 0.3) is 11.8 Å². The van der Waals surface area contributed by atoms with Crippen LogP contribution in [0.2, 0.25) is 5.02 Å². The molecule has 9 heteroatoms. The lowest BCUT2D eigenvalue weighted by molar-refractivity contribution is -0.120. The topological polar surface area (TPSA) is 100 Å². The average Bonchev–Trinajstić information content (AvgIpc) is 2.64. The summed E-state index contributed by atoms with van der Waals surface area (Å²) in [5.74, 6) is -0.469. The fourth-order valence-electron chi connectivity index (χ4n) is 2.02. The Morgan fingerprint density at radius 2 is 2.00 bits per heavy atom. The molecule has 2 amide bonds. The zero-order chi connectivity index (χ0) is 19.8. The minimum atomic E-state index is -0.480. The summed E-state index contributed by atoms with van der Waals surface area (Å²) >= 11 is 7.74. The average molecular weight is 502 g/mol. The molecule has 0 unspecified atom stereocenters. The van der Waals surface area contributed by atoms with E-state index in [-0.39, 0.29) is 18.2 Å². The Morgan fingerprint density at radius 3 is 2.67 bits per heavy atom. The summed E-state index contributed by atoms with van der Waals surface area (Å²) < 4.78 is 5.94. The molecule has 0 heterocycles. The van der Waals surface area contributed by atoms with Gasteiger partial charge in [-0.15, -0.1) is 0 Å². The molecule has 7 nitrogen and oxygen atoms in total. The monoisotopic (exact) mass is 501 g/mol. The Bertz CT molecular complexity index is 856. The van der Waals surface area contributed by atoms with Gasteiger partial charge in [-0.05, 0) is 71.5 Å². The summed E-state index contributed by atoms with van der Waals surface area (Å²) in [6.07, 6.45) is 1.42. The van der Waals surface area contributed by atoms with Crippen LogP contribution >= 0.6 is 34.2 Å². The largest absolute Gasteiger partial charge is 0.504 e. The second-order valence-corrected chi connectivity index (χ2v) is 6.86. The second kappa shape index (κ2) is 10.1. The van der Waals surface area contributed by atoms with E-state index >= 15 is 0 Å². The third-order valence-corrected chi connectivity index (χ3v) is 4.34. The minimum Gasteiger partial charge on any atom is -0.504 e. The van der Waals surface area contributed by atoms with E-state index in [0.29, 0.717) is 32.1 Å². The highest BCUT2D eigenvalue weighted by molar-refractivity contribution is 14.1. The number of carbonyl (C=O) groups excluding carboxylic acids is 2. The molecule has 0 radical (unpaired) electrons. The van der Waals surface area contributed by atoms with Crippen LogP contribution in [0.5, 0.6) is 11.5 Å². The van der Waals surface area contributed by atoms with E-state index in [4.69, 9.17) is 16.3 Å². The first-order chi connectivity index (χ1) is 12.9. The molecule has 142 valence electrons. The lowest BCUT2D eigenvalue weighted by atomic mass is 10.2. The predicted octanol–water partition coefficient (Wildman–Crippen LogP) is 2.93. The van der Waals surface area contributed by atoms with Crippen molar-refractivity contribution in [3.8, 4) is 11.5 Å². The number of phenolic OH excluding ortho intramolecular Hbond substituents is 1. The first kappa shape index (κ1) is 21.0. The highest BCUT2D eigenvalue weighted by atomic mass is 127. The molecule has 2 rings (SSSR count). The number of aromatic hydroxyl groups is 1. The van der Waals surface area contributed by atoms with Gasteiger partial charge in [-0.3, -0.25) is 9.59 Å². The fourth-order valence-corrected chi connectivity index (χ4v) is 2.77. The van der Waals surface area contributed by atoms with Crippen molar-refractivity contribution in [3.05, 3.63) is 56.1 Å². The minimum absolute atomic E-state index is 0.0588. The molecule has 2 aromatic carbocycles. The van der Waals surface area contributed by atoms with Crippen LogP contribution in [0.4, 0.5) is 0 Å². The van der Waals surface area contributed by atoms with Crippen molar-refractivity contribution in [1.82, 2.24) is 10.7 Å². The number of rotatable bonds is 7. The highest BCUT2D eigenvalue weighted by Crippen LogP contribution is 2.32. The molecular weight excluding hydrogens is 485 g/mol. The number of carbonyl (C=O) groups is 2. The number of amides is 2. The number of nitrogens with zero attached hydrogens (tertiary/aromatic N) is 1. The molecule has 0 saturated carbocycles. The van der Waals surface area contributed by atoms with E-state index in [1.54, 1.807) is 36.4 Å². The molecule has 0 spiro atoms. The molecule has 27 heavy (non-hydrogen) atoms. The Labute approximate surface area is 174 Å². The number of hydrazone groups is 1. The third kappa shape index (κ3) is 6.40. The number of hydrogen-bond donors (Lipinski definition) is 3. The molecule has 0 atom stereocenters. The van der Waals surface area contributed by atoms with Gasteiger partial charge in [0, 0.05) is 10.6 Å². The number of halogens is 2. The van der Waals surface area contributed by atoms with Crippen molar-refractivity contribution in [2.24, 2.45) is 5.10 Å². The van der Waals surface area contributed by atoms with Crippen LogP contribution in [0.3, 0.4) is 0 Å². The zero-order valence-electron chi connectivity index (χ0n) is 14.3. The number of hydrogen-bond acceptors (Lipinski definition) is 5. The summed E-state index contributed by atoms with van der Waals surface area (Å²) in [5.41, 5.74) is 3.37. The smallest absolute Gasteiger partial charge is 0.259 e. The summed E-state index contributed by atoms with van der Waals surface area (Å²) in [6, 6.07) is 9.62. The van der Waals surface area contributed by atoms with Gasteiger partial charge in [-0.25, -0.2) is 5.43 Å². The molecule has 0 aliphatic heterocycles. The van der Waals surface area contributed by atoms with E-state index in [9.17, 15) is 14.7 Å². The Balaban J connectivity index is 1.88. The van der Waals surface area contributed by atoms with Crippen LogP contribution in [-0.2, 0) is 4.79 Å². The maximum absolute atomic E-state index is 11.9. The Kier molecular flexibility index (Phi) is 7.86. The molecule has 0 fully saturated rings. The molecule has 0 saturated heterocycles. The van der Waals surface area contributed by atoms with Gasteiger partial charge in [-0.1, -0.05) is 11.6 Å². The van der Waals surface area contributed by atoms with Crippen molar-refractivity contribution in [3.63, 3.8) is 0 Å². The Hall–Kier alpha value is -2.33. The van der Waals surface area contributed by atoms with E-state index in [2.05, 4.69) is 15.8 Å². The van der Waals surface area contributed by atoms with Gasteiger partial charge in [0.05, 0.1) is 22.9 Å². The summed E-state index contributed by atoms with van der Waals surface area (Å²) in [7, 11) is 0. The van der Waals surface area contributed by atoms with Crippen molar-refractivity contribution in [2.75, 3.05) is 13.2 Å². The molecular formula is C18H17ClIN3O4. The first-order valence-electron chi connectivity index (χ1n) is 7.91. The quantitative estimate of drug-likeness (QED) is 0.309. The molecule has 3 N–H and O–H groups in total. The molecule has 2 aromatic rings. The number of phenols is 1. The maximum atomic E-state index is 11.9. The molecule has 0 aromatic heterocycles. The lowest BCUT2D eigenvalue weighted by Crippen LogP contribution is -2.34. The van der Waals surface area contributed by atoms with Gasteiger partial charge >= 0.3 is 0 Å². The van der Waals surface area contributed by atoms with E-state index < -0.39 is 5.91 Å². The van der Waals surface area contributed by atoms with Crippen molar-refractivity contribution >= 4 is 52.2 Å². The van der Waals surface area contributed by atoms with Gasteiger partial charge < -0.3 is 15.2 Å². The van der Waals surface area contributed by atoms with Crippen LogP contribution in [-0.4, -0.2) is 36.3 Å². The van der Waals surface area contributed by atoms with Crippen molar-refractivity contribution in [2.45, 2.75) is 6.92 Å². The highest BCUT2D eigenvalue weighted by Gasteiger charge is 2.09. The van der Waals surface area contributed by atoms with E-state index in [1.807, 2.05) is 29.5 Å². The number of benzene rings is 2. The molecule has 0 bridgehead atoms. The van der Waals surface area contributed by atoms with Crippen LogP contribution in [0.1, 0.15) is 22.8 Å². The van der Waals surface area contributed by atoms with Gasteiger partial charge in [0.15, 0.2) is 11.5 Å². The van der Waals surface area contributed by atoms with Crippen LogP contribution in [0, 0.1) is 3.57 Å². The predicted molar refractivity (Wildman–Crippen MR) is 112 cm³/mol. The van der Waals surface area contributed by atoms with Crippen LogP contribution < -0.4 is 15.5 Å². The third-order valence-electron chi connectivity index (χ3n) is 3.27. The summed E-state index contributed by atoms with van der Waals surface area (Å²) in [6.45, 7) is 2.00. The normalized spacial score (nSPS) is 10.6. The first-order valence-corrected chi connectivity index (χ1v) is 9.37. The standard InChI is InChI=1S/C18H17ClIN3O4/c1-2-27-15-8-11(7-14(20)17(15)25)9-22-23-16(24)10-21-18(26)12-3-5-13(19)6-4-12/h3-9,25H,2,10H2,1H3,(H,21,26)(H,23,24)/b22-9-. The van der Waals surface area contributed by atoms with Gasteiger partial charge in [-0.2, -0.15) is 5.10 Å². The SMILES string of the molecule is CCOc1cc(/C=N\NC(=O)CNC(=O)c2ccc(Cl)cc2)cc(I)c1O. The fraction of sp³-hybridized carbons (Fsp3) is 0.167. The summed E-state index contributed by atoms with van der Waals surface area (Å²) in [4.78, 5) is 23.7. The lowest BCUT2D eigenvalue weighted by Gasteiger charge is -2.08. The van der Waals surface area contributed by atoms with Crippen LogP contribution in [0.25, 0.3) is 0 Å². The van der Waals surface area contributed by atoms with Crippen molar-refractivity contribution < 1.29 is 19.4 Å². The molecule has 0 aliphatic carbocycles. The molecule has 0 aliphatic rings. The Morgan fingerprint density at radius 1 is 1.30 bits per heavy atom. The van der Waals surface area contributed by atoms with Crippen LogP contribution in [0.15, 0.2) is 41.5 Å².